The largest absolute Gasteiger partial charge is 0.480 e. The topological polar surface area (TPSA) is 49.3 Å². The van der Waals surface area contributed by atoms with E-state index in [2.05, 4.69) is 5.32 Å². The number of benzene rings is 2. The van der Waals surface area contributed by atoms with Gasteiger partial charge in [0.25, 0.3) is 0 Å². The highest BCUT2D eigenvalue weighted by Gasteiger charge is 2.28. The summed E-state index contributed by atoms with van der Waals surface area (Å²) in [4.78, 5) is 12.3. The third-order valence-electron chi connectivity index (χ3n) is 4.98. The maximum absolute atomic E-state index is 12.3. The summed E-state index contributed by atoms with van der Waals surface area (Å²) in [5.74, 6) is -0.893. The number of nitrogens with one attached hydrogen (secondary N) is 1. The summed E-state index contributed by atoms with van der Waals surface area (Å²) in [6.45, 7) is 0. The van der Waals surface area contributed by atoms with Crippen LogP contribution in [0.3, 0.4) is 0 Å². The maximum Gasteiger partial charge on any atom is 0.325 e. The van der Waals surface area contributed by atoms with E-state index in [-0.39, 0.29) is 6.04 Å². The van der Waals surface area contributed by atoms with Crippen LogP contribution in [0, 0.1) is 0 Å². The van der Waals surface area contributed by atoms with Gasteiger partial charge in [-0.1, -0.05) is 103 Å². The summed E-state index contributed by atoms with van der Waals surface area (Å²) in [6, 6.07) is 32.6. The minimum Gasteiger partial charge on any atom is -0.480 e. The molecule has 2 aliphatic carbocycles. The first-order chi connectivity index (χ1) is 13.7. The number of fused-ring (bicyclic) bond motifs is 1. The molecule has 1 atom stereocenters. The van der Waals surface area contributed by atoms with E-state index in [0.717, 1.165) is 27.8 Å². The van der Waals surface area contributed by atoms with E-state index in [1.54, 1.807) is 0 Å². The Hall–Kier alpha value is -3.43. The van der Waals surface area contributed by atoms with Gasteiger partial charge in [-0.15, -0.1) is 0 Å². The molecule has 0 radical (unpaired) electrons. The third kappa shape index (κ3) is 3.66. The minimum atomic E-state index is -0.893. The second-order valence-electron chi connectivity index (χ2n) is 6.76. The Morgan fingerprint density at radius 1 is 0.679 bits per heavy atom. The van der Waals surface area contributed by atoms with Crippen molar-refractivity contribution >= 4 is 5.97 Å². The van der Waals surface area contributed by atoms with Gasteiger partial charge in [-0.2, -0.15) is 0 Å². The average molecular weight is 367 g/mol. The van der Waals surface area contributed by atoms with E-state index in [9.17, 15) is 9.90 Å². The van der Waals surface area contributed by atoms with Crippen LogP contribution >= 0.6 is 0 Å². The van der Waals surface area contributed by atoms with Gasteiger partial charge in [0, 0.05) is 0 Å². The first kappa shape index (κ1) is 18.0. The van der Waals surface area contributed by atoms with Gasteiger partial charge in [-0.3, -0.25) is 10.1 Å². The standard InChI is InChI=1S/C25H21NO2/c27-25(28)24(22-17-16-18-10-4-3-9-15-21(18)22)26-23(19-11-5-1-6-12-19)20-13-7-2-8-14-20/h1-17,23-24,26H,(H,27,28). The molecule has 138 valence electrons. The van der Waals surface area contributed by atoms with E-state index >= 15 is 0 Å². The summed E-state index contributed by atoms with van der Waals surface area (Å²) >= 11 is 0. The maximum atomic E-state index is 12.3. The molecular weight excluding hydrogens is 346 g/mol. The van der Waals surface area contributed by atoms with Crippen LogP contribution in [0.5, 0.6) is 0 Å². The predicted molar refractivity (Wildman–Crippen MR) is 111 cm³/mol. The van der Waals surface area contributed by atoms with Crippen molar-refractivity contribution in [2.75, 3.05) is 0 Å². The first-order valence-corrected chi connectivity index (χ1v) is 9.30. The van der Waals surface area contributed by atoms with Gasteiger partial charge >= 0.3 is 5.97 Å². The Labute approximate surface area is 164 Å². The zero-order valence-corrected chi connectivity index (χ0v) is 15.3. The van der Waals surface area contributed by atoms with Crippen molar-refractivity contribution in [2.24, 2.45) is 0 Å². The van der Waals surface area contributed by atoms with E-state index < -0.39 is 12.0 Å². The van der Waals surface area contributed by atoms with Crippen LogP contribution in [-0.4, -0.2) is 11.1 Å². The van der Waals surface area contributed by atoms with Gasteiger partial charge in [0.1, 0.15) is 6.04 Å². The molecule has 0 bridgehead atoms. The summed E-state index contributed by atoms with van der Waals surface area (Å²) in [6.07, 6.45) is 0. The molecule has 2 aliphatic rings. The molecule has 2 aromatic carbocycles. The summed E-state index contributed by atoms with van der Waals surface area (Å²) in [7, 11) is 0. The molecule has 1 unspecified atom stereocenters. The highest BCUT2D eigenvalue weighted by atomic mass is 16.4. The molecule has 0 amide bonds. The molecule has 3 heteroatoms. The van der Waals surface area contributed by atoms with E-state index in [4.69, 9.17) is 0 Å². The molecule has 0 saturated carbocycles. The first-order valence-electron chi connectivity index (χ1n) is 9.30. The highest BCUT2D eigenvalue weighted by Crippen LogP contribution is 2.34. The van der Waals surface area contributed by atoms with Crippen LogP contribution in [0.15, 0.2) is 103 Å². The molecule has 0 aliphatic heterocycles. The van der Waals surface area contributed by atoms with Crippen molar-refractivity contribution in [3.05, 3.63) is 120 Å². The van der Waals surface area contributed by atoms with Crippen LogP contribution in [0.4, 0.5) is 0 Å². The molecule has 2 N–H and O–H groups in total. The van der Waals surface area contributed by atoms with Crippen molar-refractivity contribution in [3.8, 4) is 11.1 Å². The van der Waals surface area contributed by atoms with Crippen molar-refractivity contribution in [1.82, 2.24) is 5.32 Å². The van der Waals surface area contributed by atoms with Crippen LogP contribution in [0.1, 0.15) is 28.8 Å². The zero-order valence-electron chi connectivity index (χ0n) is 15.3. The van der Waals surface area contributed by atoms with Gasteiger partial charge in [0.05, 0.1) is 6.04 Å². The van der Waals surface area contributed by atoms with Crippen molar-refractivity contribution in [3.63, 3.8) is 0 Å². The molecule has 28 heavy (non-hydrogen) atoms. The highest BCUT2D eigenvalue weighted by molar-refractivity contribution is 5.82. The molecule has 0 spiro atoms. The smallest absolute Gasteiger partial charge is 0.325 e. The number of rotatable bonds is 6. The van der Waals surface area contributed by atoms with Crippen molar-refractivity contribution < 1.29 is 9.90 Å². The quantitative estimate of drug-likeness (QED) is 0.486. The molecule has 0 fully saturated rings. The molecular formula is C25H21NO2. The lowest BCUT2D eigenvalue weighted by atomic mass is 9.95. The molecule has 4 rings (SSSR count). The number of hydrogen-bond acceptors (Lipinski definition) is 2. The zero-order chi connectivity index (χ0) is 19.3. The Morgan fingerprint density at radius 2 is 1.21 bits per heavy atom. The van der Waals surface area contributed by atoms with E-state index in [1.165, 1.54) is 0 Å². The number of aliphatic carboxylic acids is 1. The second-order valence-corrected chi connectivity index (χ2v) is 6.76. The predicted octanol–water partition coefficient (Wildman–Crippen LogP) is 5.30. The Bertz CT molecular complexity index is 991. The average Bonchev–Trinajstić information content (AvgIpc) is 2.97. The van der Waals surface area contributed by atoms with Gasteiger partial charge in [-0.25, -0.2) is 0 Å². The fourth-order valence-electron chi connectivity index (χ4n) is 3.63. The van der Waals surface area contributed by atoms with Gasteiger partial charge in [0.15, 0.2) is 0 Å². The minimum absolute atomic E-state index is 0.231. The van der Waals surface area contributed by atoms with E-state index in [1.807, 2.05) is 103 Å². The number of carboxylic acid groups (broad SMARTS) is 1. The SMILES string of the molecule is O=C(O)C(NC(c1ccccc1)c1ccccc1)c1ccc2cccccc1-2. The van der Waals surface area contributed by atoms with Gasteiger partial charge < -0.3 is 5.11 Å². The molecule has 3 nitrogen and oxygen atoms in total. The van der Waals surface area contributed by atoms with Crippen molar-refractivity contribution in [2.45, 2.75) is 12.1 Å². The molecule has 0 saturated heterocycles. The summed E-state index contributed by atoms with van der Waals surface area (Å²) in [5.41, 5.74) is 4.81. The Morgan fingerprint density at radius 3 is 1.79 bits per heavy atom. The van der Waals surface area contributed by atoms with Crippen LogP contribution in [0.2, 0.25) is 0 Å². The fourth-order valence-corrected chi connectivity index (χ4v) is 3.63. The lowest BCUT2D eigenvalue weighted by molar-refractivity contribution is -0.139. The summed E-state index contributed by atoms with van der Waals surface area (Å²) < 4.78 is 0. The number of hydrogen-bond donors (Lipinski definition) is 2. The molecule has 2 aromatic rings. The number of carboxylic acids is 1. The third-order valence-corrected chi connectivity index (χ3v) is 4.98. The molecule has 0 heterocycles. The monoisotopic (exact) mass is 367 g/mol. The lowest BCUT2D eigenvalue weighted by Gasteiger charge is -2.25. The lowest BCUT2D eigenvalue weighted by Crippen LogP contribution is -2.32. The normalized spacial score (nSPS) is 12.2. The van der Waals surface area contributed by atoms with Crippen LogP contribution in [0.25, 0.3) is 11.1 Å². The van der Waals surface area contributed by atoms with Gasteiger partial charge in [0.2, 0.25) is 0 Å². The Balaban J connectivity index is 1.76. The second kappa shape index (κ2) is 8.07. The van der Waals surface area contributed by atoms with Gasteiger partial charge in [-0.05, 0) is 27.8 Å². The fraction of sp³-hybridized carbons (Fsp3) is 0.0800. The van der Waals surface area contributed by atoms with Crippen molar-refractivity contribution in [1.29, 1.82) is 0 Å². The Kier molecular flexibility index (Phi) is 5.18. The van der Waals surface area contributed by atoms with Crippen LogP contribution in [-0.2, 0) is 4.79 Å². The summed E-state index contributed by atoms with van der Waals surface area (Å²) in [5, 5.41) is 13.4. The van der Waals surface area contributed by atoms with E-state index in [0.29, 0.717) is 0 Å². The molecule has 0 aromatic heterocycles. The number of carbonyl (C=O) groups is 1. The van der Waals surface area contributed by atoms with Crippen LogP contribution < -0.4 is 5.32 Å².